The lowest BCUT2D eigenvalue weighted by Gasteiger charge is -2.36. The molecular weight excluding hydrogens is 692 g/mol. The summed E-state index contributed by atoms with van der Waals surface area (Å²) in [6.45, 7) is 0.505. The third kappa shape index (κ3) is 11.1. The Kier molecular flexibility index (Phi) is 15.4. The standard InChI is InChI=1S/C39H56O14/c1-23(40)25-11-3-7-15-29(25)35(46)50-19-39(20-51-36(47)30-16-8-4-12-26(30)24(2)41,21-52-37(48)31-17-9-5-13-27(31)33(42)43)22-53-38(49)32-18-10-6-14-28(32)34(44)45/h25-32H,3-22H2,1-2H3,(H,42,43)(H,44,45). The molecule has 0 spiro atoms. The Morgan fingerprint density at radius 3 is 0.830 bits per heavy atom. The van der Waals surface area contributed by atoms with Gasteiger partial charge < -0.3 is 29.2 Å². The molecule has 0 saturated heterocycles. The maximum Gasteiger partial charge on any atom is 0.309 e. The fourth-order valence-corrected chi connectivity index (χ4v) is 8.79. The highest BCUT2D eigenvalue weighted by Gasteiger charge is 2.45. The first-order chi connectivity index (χ1) is 25.2. The molecule has 0 heterocycles. The van der Waals surface area contributed by atoms with Gasteiger partial charge in [0, 0.05) is 11.8 Å². The van der Waals surface area contributed by atoms with Crippen LogP contribution in [-0.2, 0) is 57.3 Å². The molecule has 0 aromatic carbocycles. The highest BCUT2D eigenvalue weighted by Crippen LogP contribution is 2.37. The van der Waals surface area contributed by atoms with Crippen molar-refractivity contribution in [3.63, 3.8) is 0 Å². The maximum absolute atomic E-state index is 13.6. The molecule has 0 aromatic heterocycles. The molecule has 8 atom stereocenters. The molecule has 14 nitrogen and oxygen atoms in total. The van der Waals surface area contributed by atoms with Crippen LogP contribution in [0.2, 0.25) is 0 Å². The van der Waals surface area contributed by atoms with Crippen LogP contribution >= 0.6 is 0 Å². The van der Waals surface area contributed by atoms with Gasteiger partial charge in [-0.2, -0.15) is 0 Å². The van der Waals surface area contributed by atoms with Gasteiger partial charge in [-0.3, -0.25) is 38.4 Å². The minimum absolute atomic E-state index is 0.150. The molecule has 0 aliphatic heterocycles. The molecule has 0 aromatic rings. The Bertz CT molecular complexity index is 1170. The number of hydrogen-bond donors (Lipinski definition) is 2. The Hall–Kier alpha value is -3.84. The summed E-state index contributed by atoms with van der Waals surface area (Å²) in [5.74, 6) is -12.0. The lowest BCUT2D eigenvalue weighted by molar-refractivity contribution is -0.182. The summed E-state index contributed by atoms with van der Waals surface area (Å²) in [5, 5.41) is 19.6. The van der Waals surface area contributed by atoms with Gasteiger partial charge in [-0.1, -0.05) is 51.4 Å². The summed E-state index contributed by atoms with van der Waals surface area (Å²) in [4.78, 5) is 103. The van der Waals surface area contributed by atoms with E-state index in [9.17, 15) is 48.6 Å². The van der Waals surface area contributed by atoms with E-state index < -0.39 is 115 Å². The van der Waals surface area contributed by atoms with E-state index in [2.05, 4.69) is 0 Å². The SMILES string of the molecule is CC(=O)C1CCCCC1C(=O)OCC(COC(=O)C1CCCCC1C(C)=O)(COC(=O)C1CCCCC1C(=O)O)COC(=O)C1CCCCC1C(=O)O. The second-order valence-corrected chi connectivity index (χ2v) is 15.8. The van der Waals surface area contributed by atoms with E-state index in [1.165, 1.54) is 13.8 Å². The van der Waals surface area contributed by atoms with Crippen molar-refractivity contribution >= 4 is 47.4 Å². The van der Waals surface area contributed by atoms with E-state index in [1.807, 2.05) is 0 Å². The number of ketones is 2. The average Bonchev–Trinajstić information content (AvgIpc) is 3.16. The molecule has 296 valence electrons. The number of ether oxygens (including phenoxy) is 4. The number of Topliss-reactive ketones (excluding diaryl/α,β-unsaturated/α-hetero) is 2. The fourth-order valence-electron chi connectivity index (χ4n) is 8.79. The summed E-state index contributed by atoms with van der Waals surface area (Å²) < 4.78 is 23.2. The average molecular weight is 749 g/mol. The lowest BCUT2D eigenvalue weighted by Crippen LogP contribution is -2.47. The van der Waals surface area contributed by atoms with E-state index in [0.29, 0.717) is 64.2 Å². The zero-order valence-corrected chi connectivity index (χ0v) is 31.1. The lowest BCUT2D eigenvalue weighted by atomic mass is 9.77. The summed E-state index contributed by atoms with van der Waals surface area (Å²) >= 11 is 0. The number of rotatable bonds is 16. The van der Waals surface area contributed by atoms with Crippen LogP contribution in [0.4, 0.5) is 0 Å². The van der Waals surface area contributed by atoms with E-state index in [4.69, 9.17) is 18.9 Å². The van der Waals surface area contributed by atoms with Gasteiger partial charge in [-0.05, 0) is 65.2 Å². The van der Waals surface area contributed by atoms with Crippen LogP contribution in [0.25, 0.3) is 0 Å². The van der Waals surface area contributed by atoms with Crippen LogP contribution in [0.5, 0.6) is 0 Å². The topological polar surface area (TPSA) is 214 Å². The predicted molar refractivity (Wildman–Crippen MR) is 185 cm³/mol. The molecule has 14 heteroatoms. The summed E-state index contributed by atoms with van der Waals surface area (Å²) in [6.07, 6.45) is 8.47. The molecule has 0 bridgehead atoms. The molecule has 0 amide bonds. The van der Waals surface area contributed by atoms with Crippen LogP contribution in [-0.4, -0.2) is 84.0 Å². The van der Waals surface area contributed by atoms with E-state index in [0.717, 1.165) is 12.8 Å². The molecule has 0 radical (unpaired) electrons. The van der Waals surface area contributed by atoms with Crippen molar-refractivity contribution in [2.45, 2.75) is 117 Å². The molecule has 4 aliphatic carbocycles. The molecule has 4 rings (SSSR count). The molecule has 4 saturated carbocycles. The predicted octanol–water partition coefficient (Wildman–Crippen LogP) is 4.72. The number of carboxylic acid groups (broad SMARTS) is 2. The van der Waals surface area contributed by atoms with Crippen LogP contribution in [0.15, 0.2) is 0 Å². The van der Waals surface area contributed by atoms with Gasteiger partial charge in [0.05, 0.1) is 35.5 Å². The van der Waals surface area contributed by atoms with Crippen LogP contribution in [0.3, 0.4) is 0 Å². The number of esters is 4. The van der Waals surface area contributed by atoms with Crippen LogP contribution in [0, 0.1) is 52.8 Å². The van der Waals surface area contributed by atoms with E-state index in [-0.39, 0.29) is 37.2 Å². The van der Waals surface area contributed by atoms with Crippen LogP contribution < -0.4 is 0 Å². The second-order valence-electron chi connectivity index (χ2n) is 15.8. The first kappa shape index (κ1) is 41.9. The van der Waals surface area contributed by atoms with Gasteiger partial charge in [0.25, 0.3) is 0 Å². The molecule has 4 fully saturated rings. The number of hydrogen-bond acceptors (Lipinski definition) is 12. The smallest absolute Gasteiger partial charge is 0.309 e. The zero-order chi connectivity index (χ0) is 38.7. The van der Waals surface area contributed by atoms with Gasteiger partial charge in [-0.25, -0.2) is 0 Å². The maximum atomic E-state index is 13.6. The van der Waals surface area contributed by atoms with Crippen molar-refractivity contribution in [1.29, 1.82) is 0 Å². The summed E-state index contributed by atoms with van der Waals surface area (Å²) in [7, 11) is 0. The highest BCUT2D eigenvalue weighted by molar-refractivity contribution is 5.86. The monoisotopic (exact) mass is 748 g/mol. The summed E-state index contributed by atoms with van der Waals surface area (Å²) in [6, 6.07) is 0. The zero-order valence-electron chi connectivity index (χ0n) is 31.1. The van der Waals surface area contributed by atoms with Gasteiger partial charge in [0.15, 0.2) is 0 Å². The first-order valence-electron chi connectivity index (χ1n) is 19.4. The molecule has 53 heavy (non-hydrogen) atoms. The number of carbonyl (C=O) groups excluding carboxylic acids is 6. The largest absolute Gasteiger partial charge is 0.481 e. The van der Waals surface area contributed by atoms with Crippen LogP contribution in [0.1, 0.15) is 117 Å². The third-order valence-electron chi connectivity index (χ3n) is 12.0. The van der Waals surface area contributed by atoms with Gasteiger partial charge in [0.1, 0.15) is 43.4 Å². The first-order valence-corrected chi connectivity index (χ1v) is 19.4. The normalized spacial score (nSPS) is 30.1. The number of carboxylic acids is 2. The fraction of sp³-hybridized carbons (Fsp3) is 0.795. The van der Waals surface area contributed by atoms with Gasteiger partial charge >= 0.3 is 35.8 Å². The second kappa shape index (κ2) is 19.5. The summed E-state index contributed by atoms with van der Waals surface area (Å²) in [5.41, 5.74) is -1.70. The van der Waals surface area contributed by atoms with Gasteiger partial charge in [-0.15, -0.1) is 0 Å². The Morgan fingerprint density at radius 1 is 0.396 bits per heavy atom. The number of carbonyl (C=O) groups is 8. The Labute approximate surface area is 310 Å². The highest BCUT2D eigenvalue weighted by atomic mass is 16.6. The quantitative estimate of drug-likeness (QED) is 0.162. The van der Waals surface area contributed by atoms with E-state index >= 15 is 0 Å². The van der Waals surface area contributed by atoms with Crippen molar-refractivity contribution < 1.29 is 67.5 Å². The van der Waals surface area contributed by atoms with Crippen molar-refractivity contribution in [2.24, 2.45) is 52.8 Å². The Morgan fingerprint density at radius 2 is 0.604 bits per heavy atom. The van der Waals surface area contributed by atoms with Crippen molar-refractivity contribution in [3.8, 4) is 0 Å². The minimum atomic E-state index is -1.70. The van der Waals surface area contributed by atoms with Crippen molar-refractivity contribution in [2.75, 3.05) is 26.4 Å². The molecular formula is C39H56O14. The Balaban J connectivity index is 1.63. The third-order valence-corrected chi connectivity index (χ3v) is 12.0. The van der Waals surface area contributed by atoms with E-state index in [1.54, 1.807) is 0 Å². The molecule has 4 aliphatic rings. The van der Waals surface area contributed by atoms with Gasteiger partial charge in [0.2, 0.25) is 0 Å². The number of aliphatic carboxylic acids is 2. The minimum Gasteiger partial charge on any atom is -0.481 e. The van der Waals surface area contributed by atoms with Crippen molar-refractivity contribution in [3.05, 3.63) is 0 Å². The molecule has 2 N–H and O–H groups in total. The molecule has 8 unspecified atom stereocenters. The van der Waals surface area contributed by atoms with Crippen molar-refractivity contribution in [1.82, 2.24) is 0 Å².